The molecule has 2 aliphatic carbocycles. The number of alkyl halides is 1. The lowest BCUT2D eigenvalue weighted by molar-refractivity contribution is -0.143. The number of ether oxygens (including phenoxy) is 1. The van der Waals surface area contributed by atoms with E-state index in [2.05, 4.69) is 41.1 Å². The van der Waals surface area contributed by atoms with Gasteiger partial charge in [-0.3, -0.25) is 24.1 Å². The third-order valence-corrected chi connectivity index (χ3v) is 17.3. The van der Waals surface area contributed by atoms with Crippen LogP contribution in [0.25, 0.3) is 10.4 Å². The number of rotatable bonds is 18. The second-order valence-corrected chi connectivity index (χ2v) is 22.9. The van der Waals surface area contributed by atoms with Crippen LogP contribution in [0.15, 0.2) is 54.2 Å². The molecule has 4 heterocycles. The lowest BCUT2D eigenvalue weighted by Gasteiger charge is -2.40. The summed E-state index contributed by atoms with van der Waals surface area (Å²) in [5, 5.41) is 23.2. The van der Waals surface area contributed by atoms with Gasteiger partial charge in [-0.05, 0) is 113 Å². The molecule has 8 rings (SSSR count). The van der Waals surface area contributed by atoms with Crippen molar-refractivity contribution in [2.75, 3.05) is 69.8 Å². The number of nitrogens with one attached hydrogen (secondary N) is 4. The Hall–Kier alpha value is -5.08. The Labute approximate surface area is 428 Å². The van der Waals surface area contributed by atoms with Gasteiger partial charge in [-0.15, -0.1) is 11.3 Å². The summed E-state index contributed by atoms with van der Waals surface area (Å²) in [4.78, 5) is 75.3. The fourth-order valence-electron chi connectivity index (χ4n) is 9.83. The molecule has 0 bridgehead atoms. The highest BCUT2D eigenvalue weighted by Gasteiger charge is 2.54. The Balaban J connectivity index is 0.816. The fourth-order valence-corrected chi connectivity index (χ4v) is 12.1. The number of likely N-dealkylation sites (tertiary alicyclic amines) is 1. The second kappa shape index (κ2) is 22.4. The number of carbonyl (C=O) groups excluding carboxylic acids is 4. The zero-order chi connectivity index (χ0) is 50.6. The molecule has 5 N–H and O–H groups in total. The Morgan fingerprint density at radius 3 is 2.37 bits per heavy atom. The molecule has 1 unspecified atom stereocenters. The molecule has 4 fully saturated rings. The molecule has 20 heteroatoms. The van der Waals surface area contributed by atoms with Crippen LogP contribution in [0.3, 0.4) is 0 Å². The van der Waals surface area contributed by atoms with E-state index in [4.69, 9.17) is 16.3 Å². The normalized spacial score (nSPS) is 22.0. The Bertz CT molecular complexity index is 2550. The summed E-state index contributed by atoms with van der Waals surface area (Å²) < 4.78 is 20.0. The summed E-state index contributed by atoms with van der Waals surface area (Å²) in [6.07, 6.45) is 4.98. The topological polar surface area (TPSA) is 194 Å². The molecule has 0 spiro atoms. The fraction of sp³-hybridized carbons (Fsp3) is 0.549. The first kappa shape index (κ1) is 52.2. The number of hydrogen-bond acceptors (Lipinski definition) is 14. The van der Waals surface area contributed by atoms with Gasteiger partial charge in [0.15, 0.2) is 5.67 Å². The highest BCUT2D eigenvalue weighted by Crippen LogP contribution is 2.42. The van der Waals surface area contributed by atoms with Gasteiger partial charge in [0, 0.05) is 63.0 Å². The number of β-amino-alcohol motifs (C(OH)–C–C–N with tert-alkyl or cyclic N) is 1. The molecule has 16 nitrogen and oxygen atoms in total. The zero-order valence-electron chi connectivity index (χ0n) is 41.3. The second-order valence-electron chi connectivity index (χ2n) is 20.0. The van der Waals surface area contributed by atoms with Crippen LogP contribution in [-0.4, -0.2) is 146 Å². The predicted molar refractivity (Wildman–Crippen MR) is 277 cm³/mol. The highest BCUT2D eigenvalue weighted by molar-refractivity contribution is 8.00. The molecule has 2 aliphatic heterocycles. The first-order valence-electron chi connectivity index (χ1n) is 24.6. The summed E-state index contributed by atoms with van der Waals surface area (Å²) in [5.41, 5.74) is 3.84. The van der Waals surface area contributed by atoms with Gasteiger partial charge in [-0.2, -0.15) is 16.7 Å². The van der Waals surface area contributed by atoms with E-state index in [9.17, 15) is 24.3 Å². The quantitative estimate of drug-likeness (QED) is 0.0670. The number of halogens is 2. The lowest BCUT2D eigenvalue weighted by atomic mass is 9.82. The van der Waals surface area contributed by atoms with E-state index in [0.717, 1.165) is 72.8 Å². The van der Waals surface area contributed by atoms with Crippen molar-refractivity contribution in [1.29, 1.82) is 0 Å². The number of thiazole rings is 1. The number of benzene rings is 2. The molecule has 0 radical (unpaired) electrons. The minimum absolute atomic E-state index is 0.0508. The van der Waals surface area contributed by atoms with E-state index < -0.39 is 46.3 Å². The van der Waals surface area contributed by atoms with E-state index in [1.807, 2.05) is 62.4 Å². The summed E-state index contributed by atoms with van der Waals surface area (Å²) >= 11 is 9.30. The van der Waals surface area contributed by atoms with Crippen LogP contribution >= 0.6 is 34.7 Å². The number of thioether (sulfide) groups is 1. The number of carbonyl (C=O) groups is 4. The summed E-state index contributed by atoms with van der Waals surface area (Å²) in [7, 11) is 3.28. The standard InChI is InChI=1S/C51H66ClFN10O6S2/c1-30(34-11-13-35(14-12-34)42-31(2)56-29-70-42)57-45(65)40-24-37(64)27-63(40)47(67)43(59-48(68)51(53)17-18-51)50(3,4)71-28-33-9-7-32(8-10-33)26-61-19-21-62(22-20-61)46(66)36-15-16-39(41(23-36)69-6)58-49-55-25-38(52)44(54-5)60-49/h11-16,23,25,29-30,32-33,37,40,43,64H,7-10,17-22,24,26-28H2,1-6H3,(H,57,65)(H,59,68)(H2,54,55,58,60)/t30-,32-,33+,37+,40?,43+/m0/s1. The maximum Gasteiger partial charge on any atom is 0.258 e. The maximum atomic E-state index is 15.2. The number of aromatic nitrogens is 3. The van der Waals surface area contributed by atoms with Gasteiger partial charge in [-0.1, -0.05) is 35.9 Å². The van der Waals surface area contributed by atoms with Crippen LogP contribution in [0.4, 0.5) is 21.8 Å². The predicted octanol–water partition coefficient (Wildman–Crippen LogP) is 7.26. The zero-order valence-corrected chi connectivity index (χ0v) is 43.7. The van der Waals surface area contributed by atoms with Gasteiger partial charge in [0.25, 0.3) is 11.8 Å². The van der Waals surface area contributed by atoms with Gasteiger partial charge >= 0.3 is 0 Å². The van der Waals surface area contributed by atoms with Crippen molar-refractivity contribution < 1.29 is 33.4 Å². The van der Waals surface area contributed by atoms with Crippen LogP contribution in [0.2, 0.25) is 5.02 Å². The monoisotopic (exact) mass is 1030 g/mol. The van der Waals surface area contributed by atoms with Crippen LogP contribution < -0.4 is 26.0 Å². The largest absolute Gasteiger partial charge is 0.495 e. The van der Waals surface area contributed by atoms with Crippen molar-refractivity contribution in [2.24, 2.45) is 11.8 Å². The van der Waals surface area contributed by atoms with E-state index in [1.165, 1.54) is 11.1 Å². The highest BCUT2D eigenvalue weighted by atomic mass is 35.5. The van der Waals surface area contributed by atoms with Crippen LogP contribution in [0.1, 0.15) is 93.4 Å². The van der Waals surface area contributed by atoms with Crippen LogP contribution in [0.5, 0.6) is 5.75 Å². The summed E-state index contributed by atoms with van der Waals surface area (Å²) in [6, 6.07) is 10.7. The number of methoxy groups -OCH3 is 1. The third kappa shape index (κ3) is 12.4. The number of amides is 4. The first-order chi connectivity index (χ1) is 33.9. The molecule has 2 saturated carbocycles. The third-order valence-electron chi connectivity index (χ3n) is 14.5. The number of piperazine rings is 1. The van der Waals surface area contributed by atoms with Gasteiger partial charge in [0.05, 0.1) is 47.2 Å². The molecule has 382 valence electrons. The number of anilines is 3. The van der Waals surface area contributed by atoms with E-state index in [1.54, 1.807) is 55.5 Å². The molecule has 2 aromatic heterocycles. The number of aryl methyl sites for hydroxylation is 1. The van der Waals surface area contributed by atoms with E-state index in [0.29, 0.717) is 58.7 Å². The Kier molecular flexibility index (Phi) is 16.5. The van der Waals surface area contributed by atoms with Crippen molar-refractivity contribution in [2.45, 2.75) is 107 Å². The van der Waals surface area contributed by atoms with Gasteiger partial charge < -0.3 is 40.9 Å². The molecular formula is C51H66ClFN10O6S2. The average molecular weight is 1030 g/mol. The van der Waals surface area contributed by atoms with Crippen molar-refractivity contribution >= 4 is 75.8 Å². The molecule has 71 heavy (non-hydrogen) atoms. The summed E-state index contributed by atoms with van der Waals surface area (Å²) in [6.45, 7) is 11.4. The minimum atomic E-state index is -2.00. The first-order valence-corrected chi connectivity index (χ1v) is 26.8. The van der Waals surface area contributed by atoms with Crippen molar-refractivity contribution in [3.8, 4) is 16.2 Å². The number of aliphatic hydroxyl groups is 1. The number of hydrogen-bond donors (Lipinski definition) is 5. The molecule has 4 aliphatic rings. The van der Waals surface area contributed by atoms with Crippen molar-refractivity contribution in [3.63, 3.8) is 0 Å². The molecule has 2 saturated heterocycles. The molecule has 4 atom stereocenters. The summed E-state index contributed by atoms with van der Waals surface area (Å²) in [5.74, 6) is 1.22. The molecule has 2 aromatic carbocycles. The maximum absolute atomic E-state index is 15.2. The number of nitrogens with zero attached hydrogens (tertiary/aromatic N) is 6. The van der Waals surface area contributed by atoms with E-state index >= 15 is 4.39 Å². The molecule has 4 aromatic rings. The SMILES string of the molecule is CNc1nc(Nc2ccc(C(=O)N3CCN(C[C@H]4CC[C@@H](CSC(C)(C)[C@H](NC(=O)C5(F)CC5)C(=O)N5C[C@H](O)CC5C(=O)N[C@@H](C)c5ccc(-c6scnc6C)cc5)CC4)CC3)cc2OC)ncc1Cl. The average Bonchev–Trinajstić information content (AvgIpc) is 3.78. The minimum Gasteiger partial charge on any atom is -0.495 e. The van der Waals surface area contributed by atoms with Gasteiger partial charge in [-0.25, -0.2) is 14.4 Å². The van der Waals surface area contributed by atoms with E-state index in [-0.39, 0.29) is 37.8 Å². The van der Waals surface area contributed by atoms with Crippen molar-refractivity contribution in [1.82, 2.24) is 40.3 Å². The van der Waals surface area contributed by atoms with Crippen LogP contribution in [-0.2, 0) is 14.4 Å². The van der Waals surface area contributed by atoms with Crippen LogP contribution in [0, 0.1) is 18.8 Å². The molecular weight excluding hydrogens is 967 g/mol. The smallest absolute Gasteiger partial charge is 0.258 e. The van der Waals surface area contributed by atoms with Gasteiger partial charge in [0.2, 0.25) is 17.8 Å². The Morgan fingerprint density at radius 2 is 1.72 bits per heavy atom. The van der Waals surface area contributed by atoms with Gasteiger partial charge in [0.1, 0.15) is 28.7 Å². The van der Waals surface area contributed by atoms with Crippen molar-refractivity contribution in [3.05, 3.63) is 76.0 Å². The number of aliphatic hydroxyl groups excluding tert-OH is 1. The Morgan fingerprint density at radius 1 is 1.01 bits per heavy atom. The molecule has 4 amide bonds. The lowest BCUT2D eigenvalue weighted by Crippen LogP contribution is -2.61.